The van der Waals surface area contributed by atoms with Crippen molar-refractivity contribution in [1.82, 2.24) is 29.1 Å². The summed E-state index contributed by atoms with van der Waals surface area (Å²) in [5, 5.41) is 9.85. The molecule has 0 amide bonds. The van der Waals surface area contributed by atoms with Crippen molar-refractivity contribution in [2.75, 3.05) is 0 Å². The molecule has 0 spiro atoms. The number of carbonyl (C=O) groups excluding carboxylic acids is 1. The zero-order valence-corrected chi connectivity index (χ0v) is 16.5. The first-order valence-electron chi connectivity index (χ1n) is 9.42. The number of fused-ring (bicyclic) bond motifs is 2. The Hall–Kier alpha value is -2.97. The molecule has 9 heteroatoms. The molecule has 0 saturated heterocycles. The minimum atomic E-state index is -0.633. The molecule has 1 atom stereocenters. The first-order valence-corrected chi connectivity index (χ1v) is 9.42. The topological polar surface area (TPSA) is 96.8 Å². The number of hydrogen-bond acceptors (Lipinski definition) is 6. The van der Waals surface area contributed by atoms with Crippen LogP contribution in [0.25, 0.3) is 11.0 Å². The molecule has 0 aromatic carbocycles. The third kappa shape index (κ3) is 3.21. The molecule has 28 heavy (non-hydrogen) atoms. The highest BCUT2D eigenvalue weighted by Crippen LogP contribution is 2.25. The number of aromatic nitrogens is 6. The summed E-state index contributed by atoms with van der Waals surface area (Å²) in [4.78, 5) is 30.0. The molecule has 0 unspecified atom stereocenters. The lowest BCUT2D eigenvalue weighted by molar-refractivity contribution is -0.159. The lowest BCUT2D eigenvalue weighted by atomic mass is 10.0. The highest BCUT2D eigenvalue weighted by molar-refractivity contribution is 5.78. The Labute approximate surface area is 161 Å². The summed E-state index contributed by atoms with van der Waals surface area (Å²) in [6.07, 6.45) is 3.73. The van der Waals surface area contributed by atoms with Crippen LogP contribution in [0.5, 0.6) is 0 Å². The fourth-order valence-electron chi connectivity index (χ4n) is 3.65. The first kappa shape index (κ1) is 18.4. The predicted molar refractivity (Wildman–Crippen MR) is 102 cm³/mol. The number of hydrogen-bond donors (Lipinski definition) is 0. The Morgan fingerprint density at radius 3 is 2.86 bits per heavy atom. The van der Waals surface area contributed by atoms with E-state index in [4.69, 9.17) is 4.74 Å². The standard InChI is InChI=1S/C19H24N6O3/c1-19(2,3)28-17(26)14-8-5-9-15-22-24(18(27)25(14)15)11-13-12-7-6-10-20-16(12)23(4)21-13/h6-7,10,14H,5,8-9,11H2,1-4H3/t14-/m0/s1. The van der Waals surface area contributed by atoms with Gasteiger partial charge in [0.05, 0.1) is 12.2 Å². The van der Waals surface area contributed by atoms with Crippen molar-refractivity contribution in [3.05, 3.63) is 40.3 Å². The SMILES string of the molecule is Cn1nc(Cn2nc3n(c2=O)[C@H](C(=O)OC(C)(C)C)CCC3)c2cccnc21. The summed E-state index contributed by atoms with van der Waals surface area (Å²) in [6.45, 7) is 5.69. The first-order chi connectivity index (χ1) is 13.2. The van der Waals surface area contributed by atoms with Gasteiger partial charge < -0.3 is 4.74 Å². The maximum absolute atomic E-state index is 13.0. The van der Waals surface area contributed by atoms with Gasteiger partial charge in [0.2, 0.25) is 0 Å². The molecule has 3 aromatic rings. The summed E-state index contributed by atoms with van der Waals surface area (Å²) >= 11 is 0. The number of esters is 1. The summed E-state index contributed by atoms with van der Waals surface area (Å²) in [7, 11) is 1.82. The second-order valence-corrected chi connectivity index (χ2v) is 8.11. The van der Waals surface area contributed by atoms with Gasteiger partial charge in [-0.1, -0.05) is 0 Å². The molecule has 4 rings (SSSR count). The lowest BCUT2D eigenvalue weighted by Gasteiger charge is -2.26. The van der Waals surface area contributed by atoms with Gasteiger partial charge >= 0.3 is 11.7 Å². The van der Waals surface area contributed by atoms with Crippen molar-refractivity contribution >= 4 is 17.0 Å². The van der Waals surface area contributed by atoms with E-state index in [0.29, 0.717) is 18.7 Å². The Morgan fingerprint density at radius 1 is 1.32 bits per heavy atom. The van der Waals surface area contributed by atoms with Crippen molar-refractivity contribution in [2.45, 2.75) is 58.2 Å². The molecular weight excluding hydrogens is 360 g/mol. The summed E-state index contributed by atoms with van der Waals surface area (Å²) in [6, 6.07) is 3.13. The van der Waals surface area contributed by atoms with Crippen LogP contribution in [-0.4, -0.2) is 40.7 Å². The van der Waals surface area contributed by atoms with Crippen LogP contribution in [0, 0.1) is 0 Å². The molecule has 9 nitrogen and oxygen atoms in total. The zero-order valence-electron chi connectivity index (χ0n) is 16.5. The van der Waals surface area contributed by atoms with Crippen LogP contribution in [0.1, 0.15) is 51.2 Å². The second kappa shape index (κ2) is 6.57. The molecule has 4 heterocycles. The van der Waals surface area contributed by atoms with Crippen LogP contribution in [0.4, 0.5) is 0 Å². The Kier molecular flexibility index (Phi) is 4.32. The van der Waals surface area contributed by atoms with Gasteiger partial charge in [-0.2, -0.15) is 10.2 Å². The number of ether oxygens (including phenoxy) is 1. The van der Waals surface area contributed by atoms with E-state index in [-0.39, 0.29) is 18.2 Å². The van der Waals surface area contributed by atoms with E-state index >= 15 is 0 Å². The fourth-order valence-corrected chi connectivity index (χ4v) is 3.65. The Morgan fingerprint density at radius 2 is 2.11 bits per heavy atom. The number of rotatable bonds is 3. The van der Waals surface area contributed by atoms with Gasteiger partial charge in [0, 0.05) is 25.1 Å². The summed E-state index contributed by atoms with van der Waals surface area (Å²) < 4.78 is 10.1. The lowest BCUT2D eigenvalue weighted by Crippen LogP contribution is -2.38. The molecule has 0 aliphatic carbocycles. The van der Waals surface area contributed by atoms with E-state index in [2.05, 4.69) is 15.2 Å². The molecule has 148 valence electrons. The number of aryl methyl sites for hydroxylation is 2. The van der Waals surface area contributed by atoms with E-state index in [9.17, 15) is 9.59 Å². The summed E-state index contributed by atoms with van der Waals surface area (Å²) in [5.41, 5.74) is 0.556. The van der Waals surface area contributed by atoms with Gasteiger partial charge in [-0.15, -0.1) is 0 Å². The third-order valence-electron chi connectivity index (χ3n) is 4.78. The molecule has 3 aromatic heterocycles. The number of carbonyl (C=O) groups is 1. The maximum Gasteiger partial charge on any atom is 0.347 e. The average Bonchev–Trinajstić information content (AvgIpc) is 3.12. The van der Waals surface area contributed by atoms with E-state index in [1.807, 2.05) is 40.0 Å². The van der Waals surface area contributed by atoms with E-state index in [1.165, 1.54) is 9.25 Å². The molecule has 0 bridgehead atoms. The summed E-state index contributed by atoms with van der Waals surface area (Å²) in [5.74, 6) is 0.230. The molecule has 0 radical (unpaired) electrons. The van der Waals surface area contributed by atoms with Crippen molar-refractivity contribution in [3.63, 3.8) is 0 Å². The van der Waals surface area contributed by atoms with E-state index in [0.717, 1.165) is 23.1 Å². The van der Waals surface area contributed by atoms with Crippen LogP contribution < -0.4 is 5.69 Å². The van der Waals surface area contributed by atoms with Gasteiger partial charge in [-0.25, -0.2) is 19.3 Å². The highest BCUT2D eigenvalue weighted by Gasteiger charge is 2.33. The second-order valence-electron chi connectivity index (χ2n) is 8.11. The zero-order chi connectivity index (χ0) is 20.1. The minimum Gasteiger partial charge on any atom is -0.458 e. The normalized spacial score (nSPS) is 16.9. The fraction of sp³-hybridized carbons (Fsp3) is 0.526. The van der Waals surface area contributed by atoms with Crippen LogP contribution >= 0.6 is 0 Å². The smallest absolute Gasteiger partial charge is 0.347 e. The van der Waals surface area contributed by atoms with Gasteiger partial charge in [0.1, 0.15) is 17.5 Å². The quantitative estimate of drug-likeness (QED) is 0.636. The monoisotopic (exact) mass is 384 g/mol. The maximum atomic E-state index is 13.0. The highest BCUT2D eigenvalue weighted by atomic mass is 16.6. The van der Waals surface area contributed by atoms with Crippen molar-refractivity contribution < 1.29 is 9.53 Å². The van der Waals surface area contributed by atoms with Crippen LogP contribution in [0.3, 0.4) is 0 Å². The van der Waals surface area contributed by atoms with Crippen molar-refractivity contribution in [2.24, 2.45) is 7.05 Å². The van der Waals surface area contributed by atoms with Gasteiger partial charge in [0.25, 0.3) is 0 Å². The van der Waals surface area contributed by atoms with Crippen LogP contribution in [0.15, 0.2) is 23.1 Å². The van der Waals surface area contributed by atoms with Crippen molar-refractivity contribution in [3.8, 4) is 0 Å². The Balaban J connectivity index is 1.70. The van der Waals surface area contributed by atoms with Crippen LogP contribution in [0.2, 0.25) is 0 Å². The van der Waals surface area contributed by atoms with E-state index < -0.39 is 11.6 Å². The van der Waals surface area contributed by atoms with Gasteiger partial charge in [-0.05, 0) is 45.7 Å². The molecule has 0 fully saturated rings. The molecule has 0 saturated carbocycles. The minimum absolute atomic E-state index is 0.225. The van der Waals surface area contributed by atoms with Gasteiger partial charge in [0.15, 0.2) is 5.65 Å². The van der Waals surface area contributed by atoms with Crippen LogP contribution in [-0.2, 0) is 29.5 Å². The average molecular weight is 384 g/mol. The predicted octanol–water partition coefficient (Wildman–Crippen LogP) is 1.59. The largest absolute Gasteiger partial charge is 0.458 e. The molecular formula is C19H24N6O3. The molecule has 1 aliphatic rings. The van der Waals surface area contributed by atoms with E-state index in [1.54, 1.807) is 10.9 Å². The molecule has 1 aliphatic heterocycles. The van der Waals surface area contributed by atoms with Gasteiger partial charge in [-0.3, -0.25) is 9.25 Å². The molecule has 0 N–H and O–H groups in total. The van der Waals surface area contributed by atoms with Crippen molar-refractivity contribution in [1.29, 1.82) is 0 Å². The third-order valence-corrected chi connectivity index (χ3v) is 4.78. The number of pyridine rings is 1. The number of nitrogens with zero attached hydrogens (tertiary/aromatic N) is 6. The Bertz CT molecular complexity index is 1100.